The van der Waals surface area contributed by atoms with Crippen LogP contribution >= 0.6 is 24.0 Å². The lowest BCUT2D eigenvalue weighted by Crippen LogP contribution is -2.48. The average molecular weight is 399 g/mol. The summed E-state index contributed by atoms with van der Waals surface area (Å²) in [4.78, 5) is 6.59. The van der Waals surface area contributed by atoms with E-state index in [1.54, 1.807) is 0 Å². The Morgan fingerprint density at radius 1 is 1.50 bits per heavy atom. The Hall–Kier alpha value is -0.120. The number of ether oxygens (including phenoxy) is 2. The normalized spacial score (nSPS) is 31.2. The molecule has 7 heteroatoms. The number of nitrogens with zero attached hydrogens (tertiary/aromatic N) is 2. The minimum atomic E-state index is -0.0305. The molecular weight excluding hydrogens is 373 g/mol. The smallest absolute Gasteiger partial charge is 0.191 e. The van der Waals surface area contributed by atoms with Gasteiger partial charge in [-0.25, -0.2) is 0 Å². The third kappa shape index (κ3) is 4.71. The van der Waals surface area contributed by atoms with Gasteiger partial charge in [-0.3, -0.25) is 4.99 Å². The van der Waals surface area contributed by atoms with Crippen molar-refractivity contribution in [3.8, 4) is 0 Å². The van der Waals surface area contributed by atoms with Crippen LogP contribution in [0.4, 0.5) is 0 Å². The maximum absolute atomic E-state index is 9.18. The van der Waals surface area contributed by atoms with Gasteiger partial charge in [-0.1, -0.05) is 0 Å². The van der Waals surface area contributed by atoms with Crippen molar-refractivity contribution >= 4 is 29.9 Å². The first-order chi connectivity index (χ1) is 9.15. The van der Waals surface area contributed by atoms with E-state index in [0.717, 1.165) is 32.5 Å². The van der Waals surface area contributed by atoms with Crippen molar-refractivity contribution in [2.24, 2.45) is 16.1 Å². The van der Waals surface area contributed by atoms with Gasteiger partial charge >= 0.3 is 0 Å². The fraction of sp³-hybridized carbons (Fsp3) is 0.923. The van der Waals surface area contributed by atoms with E-state index in [-0.39, 0.29) is 42.1 Å². The highest BCUT2D eigenvalue weighted by Crippen LogP contribution is 2.32. The Morgan fingerprint density at radius 2 is 2.30 bits per heavy atom. The molecule has 6 nitrogen and oxygen atoms in total. The van der Waals surface area contributed by atoms with Crippen LogP contribution in [0.3, 0.4) is 0 Å². The maximum Gasteiger partial charge on any atom is 0.191 e. The number of aliphatic imine (C=N–C) groups is 1. The predicted octanol–water partition coefficient (Wildman–Crippen LogP) is 0.429. The maximum atomic E-state index is 9.18. The number of guanidine groups is 1. The molecule has 2 saturated heterocycles. The Morgan fingerprint density at radius 3 is 2.90 bits per heavy atom. The number of hydrogen-bond acceptors (Lipinski definition) is 4. The monoisotopic (exact) mass is 399 g/mol. The second-order valence-electron chi connectivity index (χ2n) is 5.58. The van der Waals surface area contributed by atoms with Crippen molar-refractivity contribution in [1.29, 1.82) is 0 Å². The molecule has 0 aromatic heterocycles. The van der Waals surface area contributed by atoms with Crippen molar-refractivity contribution in [3.63, 3.8) is 0 Å². The van der Waals surface area contributed by atoms with Crippen LogP contribution in [-0.2, 0) is 9.47 Å². The number of hydrogen-bond donors (Lipinski definition) is 2. The topological polar surface area (TPSA) is 80.3 Å². The van der Waals surface area contributed by atoms with Crippen LogP contribution in [0.5, 0.6) is 0 Å². The summed E-state index contributed by atoms with van der Waals surface area (Å²) in [7, 11) is 0. The van der Waals surface area contributed by atoms with Crippen molar-refractivity contribution in [1.82, 2.24) is 4.90 Å². The van der Waals surface area contributed by atoms with Gasteiger partial charge < -0.3 is 25.2 Å². The molecule has 2 aliphatic rings. The number of aliphatic hydroxyl groups excluding tert-OH is 1. The second kappa shape index (κ2) is 8.35. The van der Waals surface area contributed by atoms with Crippen molar-refractivity contribution in [3.05, 3.63) is 0 Å². The van der Waals surface area contributed by atoms with Gasteiger partial charge in [0.15, 0.2) is 5.96 Å². The van der Waals surface area contributed by atoms with E-state index < -0.39 is 0 Å². The summed E-state index contributed by atoms with van der Waals surface area (Å²) < 4.78 is 10.9. The molecule has 2 atom stereocenters. The van der Waals surface area contributed by atoms with E-state index in [9.17, 15) is 5.11 Å². The second-order valence-corrected chi connectivity index (χ2v) is 5.58. The molecular formula is C13H26IN3O3. The van der Waals surface area contributed by atoms with Gasteiger partial charge in [-0.05, 0) is 19.8 Å². The van der Waals surface area contributed by atoms with Crippen molar-refractivity contribution < 1.29 is 14.6 Å². The third-order valence-electron chi connectivity index (χ3n) is 3.97. The lowest BCUT2D eigenvalue weighted by molar-refractivity contribution is 0.00519. The Kier molecular flexibility index (Phi) is 7.49. The largest absolute Gasteiger partial charge is 0.396 e. The van der Waals surface area contributed by atoms with Gasteiger partial charge in [0.2, 0.25) is 0 Å². The zero-order valence-electron chi connectivity index (χ0n) is 12.1. The summed E-state index contributed by atoms with van der Waals surface area (Å²) in [5, 5.41) is 9.18. The van der Waals surface area contributed by atoms with E-state index in [0.29, 0.717) is 25.7 Å². The van der Waals surface area contributed by atoms with Gasteiger partial charge in [0.05, 0.1) is 25.9 Å². The molecule has 0 aliphatic carbocycles. The van der Waals surface area contributed by atoms with E-state index in [1.807, 2.05) is 6.92 Å². The van der Waals surface area contributed by atoms with Gasteiger partial charge in [0.25, 0.3) is 0 Å². The molecule has 118 valence electrons. The summed E-state index contributed by atoms with van der Waals surface area (Å²) in [6.07, 6.45) is 1.87. The zero-order chi connectivity index (χ0) is 13.7. The fourth-order valence-corrected chi connectivity index (χ4v) is 2.66. The number of morpholine rings is 1. The molecule has 2 aliphatic heterocycles. The fourth-order valence-electron chi connectivity index (χ4n) is 2.66. The van der Waals surface area contributed by atoms with E-state index in [4.69, 9.17) is 15.2 Å². The van der Waals surface area contributed by atoms with Crippen LogP contribution in [0.2, 0.25) is 0 Å². The quantitative estimate of drug-likeness (QED) is 0.407. The van der Waals surface area contributed by atoms with Crippen LogP contribution in [0, 0.1) is 5.41 Å². The molecule has 20 heavy (non-hydrogen) atoms. The molecule has 2 rings (SSSR count). The van der Waals surface area contributed by atoms with Crippen molar-refractivity contribution in [2.45, 2.75) is 25.9 Å². The van der Waals surface area contributed by atoms with Gasteiger partial charge in [-0.2, -0.15) is 0 Å². The zero-order valence-corrected chi connectivity index (χ0v) is 14.4. The van der Waals surface area contributed by atoms with Crippen LogP contribution in [-0.4, -0.2) is 68.1 Å². The first kappa shape index (κ1) is 17.9. The van der Waals surface area contributed by atoms with E-state index in [1.165, 1.54) is 0 Å². The third-order valence-corrected chi connectivity index (χ3v) is 3.97. The van der Waals surface area contributed by atoms with Crippen LogP contribution in [0.25, 0.3) is 0 Å². The minimum Gasteiger partial charge on any atom is -0.396 e. The lowest BCUT2D eigenvalue weighted by atomic mass is 9.84. The molecule has 0 aromatic carbocycles. The number of aliphatic hydroxyl groups is 1. The highest BCUT2D eigenvalue weighted by atomic mass is 127. The lowest BCUT2D eigenvalue weighted by Gasteiger charge is -2.32. The molecule has 0 amide bonds. The predicted molar refractivity (Wildman–Crippen MR) is 88.5 cm³/mol. The first-order valence-corrected chi connectivity index (χ1v) is 7.00. The van der Waals surface area contributed by atoms with E-state index in [2.05, 4.69) is 9.89 Å². The molecule has 3 N–H and O–H groups in total. The van der Waals surface area contributed by atoms with Crippen LogP contribution in [0.1, 0.15) is 19.8 Å². The molecule has 2 unspecified atom stereocenters. The van der Waals surface area contributed by atoms with Gasteiger partial charge in [0.1, 0.15) is 0 Å². The summed E-state index contributed by atoms with van der Waals surface area (Å²) >= 11 is 0. The molecule has 0 saturated carbocycles. The van der Waals surface area contributed by atoms with Crippen LogP contribution in [0.15, 0.2) is 4.99 Å². The molecule has 2 fully saturated rings. The first-order valence-electron chi connectivity index (χ1n) is 7.00. The molecule has 0 radical (unpaired) electrons. The summed E-state index contributed by atoms with van der Waals surface area (Å²) in [5.74, 6) is 0.583. The molecule has 0 aromatic rings. The molecule has 0 bridgehead atoms. The molecule has 0 spiro atoms. The summed E-state index contributed by atoms with van der Waals surface area (Å²) in [6.45, 7) is 6.55. The van der Waals surface area contributed by atoms with Crippen molar-refractivity contribution in [2.75, 3.05) is 46.1 Å². The van der Waals surface area contributed by atoms with Gasteiger partial charge in [-0.15, -0.1) is 24.0 Å². The standard InChI is InChI=1S/C13H25N3O3.HI/c1-11-8-16(4-7-19-11)12(14)15-9-13(2-5-17)3-6-18-10-13;/h11,17H,2-10H2,1H3,(H2,14,15);1H. The average Bonchev–Trinajstić information content (AvgIpc) is 2.85. The highest BCUT2D eigenvalue weighted by molar-refractivity contribution is 14.0. The molecule has 2 heterocycles. The Balaban J connectivity index is 0.00000200. The van der Waals surface area contributed by atoms with Crippen LogP contribution < -0.4 is 5.73 Å². The minimum absolute atomic E-state index is 0. The van der Waals surface area contributed by atoms with Gasteiger partial charge in [0, 0.05) is 31.7 Å². The SMILES string of the molecule is CC1CN(C(N)=NCC2(CCO)CCOC2)CCO1.I. The van der Waals surface area contributed by atoms with E-state index >= 15 is 0 Å². The summed E-state index contributed by atoms with van der Waals surface area (Å²) in [6, 6.07) is 0. The Labute approximate surface area is 137 Å². The summed E-state index contributed by atoms with van der Waals surface area (Å²) in [5.41, 5.74) is 6.03. The highest BCUT2D eigenvalue weighted by Gasteiger charge is 2.34. The Bertz CT molecular complexity index is 322. The number of nitrogens with two attached hydrogens (primary N) is 1. The number of halogens is 1. The number of rotatable bonds is 4.